The van der Waals surface area contributed by atoms with Gasteiger partial charge in [0.15, 0.2) is 0 Å². The first kappa shape index (κ1) is 20.7. The summed E-state index contributed by atoms with van der Waals surface area (Å²) in [6, 6.07) is 3.44. The standard InChI is InChI=1S/C21H35NO2/c1-3-5-7-8-9-10-11-12-14-20(13-6-4-2)24-21(23)19-15-17-22-18-16-19/h15-18,20H,3-14H2,1-2H3. The molecule has 0 saturated heterocycles. The van der Waals surface area contributed by atoms with Crippen LogP contribution in [0.2, 0.25) is 0 Å². The van der Waals surface area contributed by atoms with E-state index in [-0.39, 0.29) is 12.1 Å². The molecule has 0 aliphatic carbocycles. The van der Waals surface area contributed by atoms with Crippen LogP contribution < -0.4 is 0 Å². The maximum atomic E-state index is 12.2. The Kier molecular flexibility index (Phi) is 12.1. The van der Waals surface area contributed by atoms with Gasteiger partial charge in [0.1, 0.15) is 6.10 Å². The quantitative estimate of drug-likeness (QED) is 0.295. The number of nitrogens with zero attached hydrogens (tertiary/aromatic N) is 1. The van der Waals surface area contributed by atoms with Crippen LogP contribution in [0.1, 0.15) is 101 Å². The average molecular weight is 334 g/mol. The van der Waals surface area contributed by atoms with Crippen molar-refractivity contribution in [3.8, 4) is 0 Å². The monoisotopic (exact) mass is 333 g/mol. The molecular formula is C21H35NO2. The number of carbonyl (C=O) groups is 1. The van der Waals surface area contributed by atoms with E-state index in [1.807, 2.05) is 0 Å². The highest BCUT2D eigenvalue weighted by Crippen LogP contribution is 2.17. The summed E-state index contributed by atoms with van der Waals surface area (Å²) in [5.74, 6) is -0.210. The predicted octanol–water partition coefficient (Wildman–Crippen LogP) is 6.33. The second-order valence-electron chi connectivity index (χ2n) is 6.67. The van der Waals surface area contributed by atoms with Gasteiger partial charge in [-0.2, -0.15) is 0 Å². The molecule has 136 valence electrons. The molecule has 0 amide bonds. The maximum absolute atomic E-state index is 12.2. The number of carbonyl (C=O) groups excluding carboxylic acids is 1. The molecule has 0 N–H and O–H groups in total. The molecule has 0 aliphatic rings. The van der Waals surface area contributed by atoms with Crippen LogP contribution in [0, 0.1) is 0 Å². The largest absolute Gasteiger partial charge is 0.459 e. The van der Waals surface area contributed by atoms with Crippen LogP contribution in [0.5, 0.6) is 0 Å². The van der Waals surface area contributed by atoms with Gasteiger partial charge in [-0.15, -0.1) is 0 Å². The van der Waals surface area contributed by atoms with E-state index in [0.717, 1.165) is 32.1 Å². The second-order valence-corrected chi connectivity index (χ2v) is 6.67. The number of esters is 1. The van der Waals surface area contributed by atoms with Gasteiger partial charge in [0.25, 0.3) is 0 Å². The van der Waals surface area contributed by atoms with Gasteiger partial charge in [-0.25, -0.2) is 4.79 Å². The lowest BCUT2D eigenvalue weighted by Crippen LogP contribution is -2.18. The minimum absolute atomic E-state index is 0.0608. The van der Waals surface area contributed by atoms with Crippen molar-refractivity contribution in [3.63, 3.8) is 0 Å². The van der Waals surface area contributed by atoms with Gasteiger partial charge in [-0.3, -0.25) is 4.98 Å². The SMILES string of the molecule is CCCCCCCCCCC(CCCC)OC(=O)c1ccncc1. The molecule has 1 heterocycles. The minimum Gasteiger partial charge on any atom is -0.459 e. The zero-order valence-electron chi connectivity index (χ0n) is 15.6. The van der Waals surface area contributed by atoms with Crippen LogP contribution in [0.4, 0.5) is 0 Å². The van der Waals surface area contributed by atoms with Crippen LogP contribution in [0.15, 0.2) is 24.5 Å². The number of rotatable bonds is 14. The number of hydrogen-bond donors (Lipinski definition) is 0. The van der Waals surface area contributed by atoms with Crippen LogP contribution in [0.3, 0.4) is 0 Å². The summed E-state index contributed by atoms with van der Waals surface area (Å²) in [6.07, 6.45) is 18.0. The smallest absolute Gasteiger partial charge is 0.338 e. The molecule has 0 spiro atoms. The zero-order chi connectivity index (χ0) is 17.5. The van der Waals surface area contributed by atoms with E-state index in [9.17, 15) is 4.79 Å². The highest BCUT2D eigenvalue weighted by atomic mass is 16.5. The molecule has 1 unspecified atom stereocenters. The molecule has 1 atom stereocenters. The molecular weight excluding hydrogens is 298 g/mol. The number of unbranched alkanes of at least 4 members (excludes halogenated alkanes) is 8. The highest BCUT2D eigenvalue weighted by Gasteiger charge is 2.15. The fraction of sp³-hybridized carbons (Fsp3) is 0.714. The topological polar surface area (TPSA) is 39.2 Å². The van der Waals surface area contributed by atoms with Gasteiger partial charge < -0.3 is 4.74 Å². The van der Waals surface area contributed by atoms with E-state index in [4.69, 9.17) is 4.74 Å². The van der Waals surface area contributed by atoms with Crippen molar-refractivity contribution in [3.05, 3.63) is 30.1 Å². The van der Waals surface area contributed by atoms with Crippen molar-refractivity contribution < 1.29 is 9.53 Å². The first-order valence-corrected chi connectivity index (χ1v) is 9.89. The van der Waals surface area contributed by atoms with Gasteiger partial charge in [0, 0.05) is 12.4 Å². The normalized spacial score (nSPS) is 12.1. The van der Waals surface area contributed by atoms with E-state index in [1.165, 1.54) is 44.9 Å². The zero-order valence-corrected chi connectivity index (χ0v) is 15.6. The summed E-state index contributed by atoms with van der Waals surface area (Å²) in [7, 11) is 0. The summed E-state index contributed by atoms with van der Waals surface area (Å²) in [6.45, 7) is 4.43. The molecule has 0 bridgehead atoms. The fourth-order valence-electron chi connectivity index (χ4n) is 2.91. The maximum Gasteiger partial charge on any atom is 0.338 e. The van der Waals surface area contributed by atoms with Gasteiger partial charge in [-0.1, -0.05) is 71.6 Å². The molecule has 0 fully saturated rings. The van der Waals surface area contributed by atoms with Crippen molar-refractivity contribution in [2.45, 2.75) is 97.0 Å². The van der Waals surface area contributed by atoms with E-state index >= 15 is 0 Å². The van der Waals surface area contributed by atoms with Crippen molar-refractivity contribution in [2.24, 2.45) is 0 Å². The molecule has 1 aromatic heterocycles. The van der Waals surface area contributed by atoms with Crippen molar-refractivity contribution in [1.82, 2.24) is 4.98 Å². The van der Waals surface area contributed by atoms with E-state index < -0.39 is 0 Å². The first-order valence-electron chi connectivity index (χ1n) is 9.89. The summed E-state index contributed by atoms with van der Waals surface area (Å²) in [5, 5.41) is 0. The average Bonchev–Trinajstić information content (AvgIpc) is 2.62. The molecule has 3 heteroatoms. The van der Waals surface area contributed by atoms with Gasteiger partial charge in [-0.05, 0) is 31.4 Å². The van der Waals surface area contributed by atoms with E-state index in [1.54, 1.807) is 24.5 Å². The van der Waals surface area contributed by atoms with Crippen molar-refractivity contribution in [2.75, 3.05) is 0 Å². The lowest BCUT2D eigenvalue weighted by molar-refractivity contribution is 0.0250. The fourth-order valence-corrected chi connectivity index (χ4v) is 2.91. The number of aromatic nitrogens is 1. The molecule has 24 heavy (non-hydrogen) atoms. The summed E-state index contributed by atoms with van der Waals surface area (Å²) >= 11 is 0. The van der Waals surface area contributed by atoms with Crippen LogP contribution >= 0.6 is 0 Å². The second kappa shape index (κ2) is 14.0. The third kappa shape index (κ3) is 9.69. The Hall–Kier alpha value is -1.38. The molecule has 3 nitrogen and oxygen atoms in total. The van der Waals surface area contributed by atoms with Crippen LogP contribution in [0.25, 0.3) is 0 Å². The Morgan fingerprint density at radius 2 is 1.42 bits per heavy atom. The number of pyridine rings is 1. The van der Waals surface area contributed by atoms with E-state index in [2.05, 4.69) is 18.8 Å². The Morgan fingerprint density at radius 1 is 0.875 bits per heavy atom. The van der Waals surface area contributed by atoms with Gasteiger partial charge in [0.2, 0.25) is 0 Å². The minimum atomic E-state index is -0.210. The summed E-state index contributed by atoms with van der Waals surface area (Å²) in [5.41, 5.74) is 0.599. The Morgan fingerprint density at radius 3 is 2.04 bits per heavy atom. The Balaban J connectivity index is 2.25. The molecule has 1 aromatic rings. The Bertz CT molecular complexity index is 419. The first-order chi connectivity index (χ1) is 11.8. The predicted molar refractivity (Wildman–Crippen MR) is 100 cm³/mol. The van der Waals surface area contributed by atoms with Gasteiger partial charge in [0.05, 0.1) is 5.56 Å². The third-order valence-corrected chi connectivity index (χ3v) is 4.45. The van der Waals surface area contributed by atoms with Crippen molar-refractivity contribution in [1.29, 1.82) is 0 Å². The molecule has 0 aliphatic heterocycles. The highest BCUT2D eigenvalue weighted by molar-refractivity contribution is 5.89. The molecule has 0 radical (unpaired) electrons. The number of hydrogen-bond acceptors (Lipinski definition) is 3. The molecule has 0 saturated carbocycles. The molecule has 0 aromatic carbocycles. The summed E-state index contributed by atoms with van der Waals surface area (Å²) in [4.78, 5) is 16.1. The van der Waals surface area contributed by atoms with Crippen molar-refractivity contribution >= 4 is 5.97 Å². The lowest BCUT2D eigenvalue weighted by atomic mass is 10.0. The van der Waals surface area contributed by atoms with Gasteiger partial charge >= 0.3 is 5.97 Å². The summed E-state index contributed by atoms with van der Waals surface area (Å²) < 4.78 is 5.73. The Labute approximate surface area is 148 Å². The van der Waals surface area contributed by atoms with Crippen LogP contribution in [-0.2, 0) is 4.74 Å². The third-order valence-electron chi connectivity index (χ3n) is 4.45. The number of ether oxygens (including phenoxy) is 1. The van der Waals surface area contributed by atoms with Crippen LogP contribution in [-0.4, -0.2) is 17.1 Å². The lowest BCUT2D eigenvalue weighted by Gasteiger charge is -2.17. The molecule has 1 rings (SSSR count). The van der Waals surface area contributed by atoms with E-state index in [0.29, 0.717) is 5.56 Å².